The minimum atomic E-state index is -0.114. The normalized spacial score (nSPS) is 12.9. The quantitative estimate of drug-likeness (QED) is 0.190. The molecule has 2 heterocycles. The number of benzene rings is 6. The zero-order valence-corrected chi connectivity index (χ0v) is 27.3. The highest BCUT2D eigenvalue weighted by Crippen LogP contribution is 2.52. The molecule has 0 fully saturated rings. The minimum absolute atomic E-state index is 0.114. The van der Waals surface area contributed by atoms with Gasteiger partial charge in [0.15, 0.2) is 17.5 Å². The van der Waals surface area contributed by atoms with Crippen molar-refractivity contribution in [3.8, 4) is 67.5 Å². The summed E-state index contributed by atoms with van der Waals surface area (Å²) in [5, 5.41) is 2.52. The van der Waals surface area contributed by atoms with Crippen LogP contribution in [0.3, 0.4) is 0 Å². The fourth-order valence-electron chi connectivity index (χ4n) is 7.25. The summed E-state index contributed by atoms with van der Waals surface area (Å²) in [5.74, 6) is 1.93. The number of hydrogen-bond donors (Lipinski definition) is 0. The Labute approximate surface area is 285 Å². The van der Waals surface area contributed by atoms with E-state index >= 15 is 0 Å². The Morgan fingerprint density at radius 1 is 0.408 bits per heavy atom. The standard InChI is InChI=1S/C45H32N4/c1-45(2)39-21-20-36(28-38(39)41-37-14-7-6-11-32(37)19-22-40(41)45)44-48-42(33-17-15-30(16-18-33)31-23-25-46-26-24-31)47-43(49-44)35-13-8-12-34(27-35)29-9-4-3-5-10-29/h3-28H,1-2H3. The van der Waals surface area contributed by atoms with E-state index in [9.17, 15) is 0 Å². The molecule has 0 spiro atoms. The molecule has 0 aliphatic heterocycles. The lowest BCUT2D eigenvalue weighted by Gasteiger charge is -2.21. The van der Waals surface area contributed by atoms with Gasteiger partial charge >= 0.3 is 0 Å². The van der Waals surface area contributed by atoms with Gasteiger partial charge in [-0.05, 0) is 79.5 Å². The van der Waals surface area contributed by atoms with E-state index in [0.717, 1.165) is 38.9 Å². The highest BCUT2D eigenvalue weighted by Gasteiger charge is 2.36. The number of fused-ring (bicyclic) bond motifs is 5. The minimum Gasteiger partial charge on any atom is -0.265 e. The van der Waals surface area contributed by atoms with Crippen LogP contribution in [0.5, 0.6) is 0 Å². The van der Waals surface area contributed by atoms with E-state index in [4.69, 9.17) is 15.0 Å². The van der Waals surface area contributed by atoms with Gasteiger partial charge in [-0.15, -0.1) is 0 Å². The molecule has 0 radical (unpaired) electrons. The van der Waals surface area contributed by atoms with Crippen molar-refractivity contribution in [1.82, 2.24) is 19.9 Å². The van der Waals surface area contributed by atoms with Crippen molar-refractivity contribution in [2.75, 3.05) is 0 Å². The molecule has 0 saturated carbocycles. The molecule has 232 valence electrons. The highest BCUT2D eigenvalue weighted by molar-refractivity contribution is 6.03. The summed E-state index contributed by atoms with van der Waals surface area (Å²) in [6.07, 6.45) is 3.63. The Morgan fingerprint density at radius 2 is 0.959 bits per heavy atom. The third kappa shape index (κ3) is 5.01. The largest absolute Gasteiger partial charge is 0.265 e. The van der Waals surface area contributed by atoms with E-state index in [1.54, 1.807) is 0 Å². The van der Waals surface area contributed by atoms with Gasteiger partial charge in [0.05, 0.1) is 0 Å². The van der Waals surface area contributed by atoms with Crippen molar-refractivity contribution in [3.63, 3.8) is 0 Å². The summed E-state index contributed by atoms with van der Waals surface area (Å²) in [7, 11) is 0. The molecule has 1 aliphatic carbocycles. The number of pyridine rings is 1. The predicted octanol–water partition coefficient (Wildman–Crippen LogP) is 11.1. The molecule has 0 bridgehead atoms. The molecule has 0 N–H and O–H groups in total. The van der Waals surface area contributed by atoms with Gasteiger partial charge in [0.25, 0.3) is 0 Å². The van der Waals surface area contributed by atoms with Gasteiger partial charge in [0.2, 0.25) is 0 Å². The molecule has 0 unspecified atom stereocenters. The van der Waals surface area contributed by atoms with Crippen LogP contribution in [0.25, 0.3) is 78.3 Å². The second kappa shape index (κ2) is 11.5. The van der Waals surface area contributed by atoms with Crippen LogP contribution in [0.1, 0.15) is 25.0 Å². The molecular weight excluding hydrogens is 597 g/mol. The lowest BCUT2D eigenvalue weighted by atomic mass is 9.82. The molecule has 6 aromatic carbocycles. The molecule has 0 saturated heterocycles. The Kier molecular flexibility index (Phi) is 6.77. The van der Waals surface area contributed by atoms with Gasteiger partial charge in [-0.3, -0.25) is 4.98 Å². The summed E-state index contributed by atoms with van der Waals surface area (Å²) in [6, 6.07) is 51.2. The Morgan fingerprint density at radius 3 is 1.73 bits per heavy atom. The number of nitrogens with zero attached hydrogens (tertiary/aromatic N) is 4. The second-order valence-corrected chi connectivity index (χ2v) is 13.2. The average Bonchev–Trinajstić information content (AvgIpc) is 3.41. The van der Waals surface area contributed by atoms with Crippen molar-refractivity contribution in [2.24, 2.45) is 0 Å². The summed E-state index contributed by atoms with van der Waals surface area (Å²) >= 11 is 0. The Hall–Kier alpha value is -6.26. The number of rotatable bonds is 5. The molecular formula is C45H32N4. The molecule has 8 aromatic rings. The summed E-state index contributed by atoms with van der Waals surface area (Å²) < 4.78 is 0. The third-order valence-corrected chi connectivity index (χ3v) is 9.84. The van der Waals surface area contributed by atoms with E-state index in [1.165, 1.54) is 33.0 Å². The predicted molar refractivity (Wildman–Crippen MR) is 200 cm³/mol. The fraction of sp³-hybridized carbons (Fsp3) is 0.0667. The number of hydrogen-bond acceptors (Lipinski definition) is 4. The van der Waals surface area contributed by atoms with Crippen LogP contribution in [-0.2, 0) is 5.41 Å². The van der Waals surface area contributed by atoms with Crippen molar-refractivity contribution in [3.05, 3.63) is 169 Å². The van der Waals surface area contributed by atoms with E-state index < -0.39 is 0 Å². The fourth-order valence-corrected chi connectivity index (χ4v) is 7.25. The van der Waals surface area contributed by atoms with Gasteiger partial charge in [0, 0.05) is 34.5 Å². The van der Waals surface area contributed by atoms with Crippen LogP contribution in [0, 0.1) is 0 Å². The average molecular weight is 629 g/mol. The maximum atomic E-state index is 5.15. The lowest BCUT2D eigenvalue weighted by Crippen LogP contribution is -2.14. The monoisotopic (exact) mass is 628 g/mol. The van der Waals surface area contributed by atoms with Crippen molar-refractivity contribution < 1.29 is 0 Å². The van der Waals surface area contributed by atoms with E-state index in [2.05, 4.69) is 146 Å². The molecule has 9 rings (SSSR count). The smallest absolute Gasteiger partial charge is 0.164 e. The van der Waals surface area contributed by atoms with E-state index in [0.29, 0.717) is 17.5 Å². The molecule has 4 heteroatoms. The Balaban J connectivity index is 1.21. The van der Waals surface area contributed by atoms with Crippen molar-refractivity contribution in [1.29, 1.82) is 0 Å². The zero-order chi connectivity index (χ0) is 33.0. The maximum absolute atomic E-state index is 5.15. The first-order chi connectivity index (χ1) is 24.0. The van der Waals surface area contributed by atoms with Crippen LogP contribution >= 0.6 is 0 Å². The Bertz CT molecular complexity index is 2500. The van der Waals surface area contributed by atoms with Crippen LogP contribution in [0.15, 0.2) is 158 Å². The molecule has 1 aliphatic rings. The van der Waals surface area contributed by atoms with Crippen LogP contribution in [0.4, 0.5) is 0 Å². The van der Waals surface area contributed by atoms with Crippen LogP contribution < -0.4 is 0 Å². The topological polar surface area (TPSA) is 51.6 Å². The first-order valence-electron chi connectivity index (χ1n) is 16.6. The first kappa shape index (κ1) is 28.9. The van der Waals surface area contributed by atoms with Crippen molar-refractivity contribution in [2.45, 2.75) is 19.3 Å². The summed E-state index contributed by atoms with van der Waals surface area (Å²) in [4.78, 5) is 19.5. The molecule has 0 amide bonds. The SMILES string of the molecule is CC1(C)c2ccc(-c3nc(-c4ccc(-c5ccncc5)cc4)nc(-c4cccc(-c5ccccc5)c4)n3)cc2-c2c1ccc1ccccc21. The van der Waals surface area contributed by atoms with Gasteiger partial charge in [-0.25, -0.2) is 15.0 Å². The summed E-state index contributed by atoms with van der Waals surface area (Å²) in [6.45, 7) is 4.64. The second-order valence-electron chi connectivity index (χ2n) is 13.2. The van der Waals surface area contributed by atoms with Gasteiger partial charge in [-0.1, -0.05) is 135 Å². The molecule has 2 aromatic heterocycles. The number of aromatic nitrogens is 4. The first-order valence-corrected chi connectivity index (χ1v) is 16.6. The highest BCUT2D eigenvalue weighted by atomic mass is 15.0. The van der Waals surface area contributed by atoms with Crippen LogP contribution in [-0.4, -0.2) is 19.9 Å². The van der Waals surface area contributed by atoms with Crippen molar-refractivity contribution >= 4 is 10.8 Å². The summed E-state index contributed by atoms with van der Waals surface area (Å²) in [5.41, 5.74) is 12.4. The van der Waals surface area contributed by atoms with Gasteiger partial charge < -0.3 is 0 Å². The maximum Gasteiger partial charge on any atom is 0.164 e. The van der Waals surface area contributed by atoms with Gasteiger partial charge in [-0.2, -0.15) is 0 Å². The van der Waals surface area contributed by atoms with Crippen LogP contribution in [0.2, 0.25) is 0 Å². The van der Waals surface area contributed by atoms with E-state index in [1.807, 2.05) is 30.6 Å². The van der Waals surface area contributed by atoms with Gasteiger partial charge in [0.1, 0.15) is 0 Å². The molecule has 4 nitrogen and oxygen atoms in total. The zero-order valence-electron chi connectivity index (χ0n) is 27.3. The molecule has 0 atom stereocenters. The lowest BCUT2D eigenvalue weighted by molar-refractivity contribution is 0.661. The molecule has 49 heavy (non-hydrogen) atoms. The third-order valence-electron chi connectivity index (χ3n) is 9.84. The van der Waals surface area contributed by atoms with E-state index in [-0.39, 0.29) is 5.41 Å².